The first-order valence-electron chi connectivity index (χ1n) is 10.8. The van der Waals surface area contributed by atoms with Gasteiger partial charge in [-0.15, -0.1) is 0 Å². The van der Waals surface area contributed by atoms with Crippen molar-refractivity contribution in [1.29, 1.82) is 0 Å². The molecule has 3 aromatic rings. The smallest absolute Gasteiger partial charge is 0.287 e. The van der Waals surface area contributed by atoms with Crippen molar-refractivity contribution in [3.05, 3.63) is 70.1 Å². The van der Waals surface area contributed by atoms with Crippen LogP contribution in [0.1, 0.15) is 42.1 Å². The SMILES string of the molecule is C[C@@H](NC(=O)C1(NC(=O)c2ccco2)CC1)c1ncc(-c2cc(Cl)cc(Cl)c2OCC(F)F)cc1F. The number of nitrogens with zero attached hydrogens (tertiary/aromatic N) is 1. The van der Waals surface area contributed by atoms with Gasteiger partial charge in [-0.25, -0.2) is 13.2 Å². The highest BCUT2D eigenvalue weighted by atomic mass is 35.5. The van der Waals surface area contributed by atoms with Crippen LogP contribution in [0.3, 0.4) is 0 Å². The van der Waals surface area contributed by atoms with Crippen LogP contribution >= 0.6 is 23.2 Å². The first-order chi connectivity index (χ1) is 17.1. The zero-order valence-electron chi connectivity index (χ0n) is 18.8. The molecule has 12 heteroatoms. The summed E-state index contributed by atoms with van der Waals surface area (Å²) in [6.07, 6.45) is 0.738. The maximum atomic E-state index is 15.1. The summed E-state index contributed by atoms with van der Waals surface area (Å²) >= 11 is 12.2. The number of amides is 2. The van der Waals surface area contributed by atoms with Crippen LogP contribution in [0.5, 0.6) is 5.75 Å². The van der Waals surface area contributed by atoms with E-state index < -0.39 is 42.2 Å². The van der Waals surface area contributed by atoms with E-state index in [0.717, 1.165) is 6.07 Å². The number of carbonyl (C=O) groups excluding carboxylic acids is 2. The third-order valence-electron chi connectivity index (χ3n) is 5.58. The summed E-state index contributed by atoms with van der Waals surface area (Å²) in [6, 6.07) is 6.02. The maximum Gasteiger partial charge on any atom is 0.287 e. The lowest BCUT2D eigenvalue weighted by atomic mass is 10.0. The molecular formula is C24H20Cl2F3N3O4. The predicted molar refractivity (Wildman–Crippen MR) is 126 cm³/mol. The molecule has 1 saturated carbocycles. The van der Waals surface area contributed by atoms with Gasteiger partial charge in [0.25, 0.3) is 12.3 Å². The summed E-state index contributed by atoms with van der Waals surface area (Å²) < 4.78 is 50.6. The van der Waals surface area contributed by atoms with Crippen molar-refractivity contribution in [2.45, 2.75) is 37.8 Å². The van der Waals surface area contributed by atoms with Crippen molar-refractivity contribution in [3.8, 4) is 16.9 Å². The van der Waals surface area contributed by atoms with Crippen LogP contribution in [0.15, 0.2) is 47.2 Å². The second-order valence-corrected chi connectivity index (χ2v) is 9.11. The summed E-state index contributed by atoms with van der Waals surface area (Å²) in [4.78, 5) is 29.3. The van der Waals surface area contributed by atoms with E-state index in [2.05, 4.69) is 15.6 Å². The molecule has 0 spiro atoms. The lowest BCUT2D eigenvalue weighted by molar-refractivity contribution is -0.124. The average Bonchev–Trinajstić information content (AvgIpc) is 3.38. The van der Waals surface area contributed by atoms with Gasteiger partial charge in [0.15, 0.2) is 5.76 Å². The number of carbonyl (C=O) groups is 2. The Morgan fingerprint density at radius 1 is 1.25 bits per heavy atom. The Morgan fingerprint density at radius 3 is 2.61 bits per heavy atom. The fourth-order valence-electron chi connectivity index (χ4n) is 3.61. The van der Waals surface area contributed by atoms with E-state index >= 15 is 4.39 Å². The first kappa shape index (κ1) is 25.8. The number of aromatic nitrogens is 1. The van der Waals surface area contributed by atoms with Gasteiger partial charge in [0.1, 0.15) is 23.7 Å². The molecular weight excluding hydrogens is 522 g/mol. The summed E-state index contributed by atoms with van der Waals surface area (Å²) in [6.45, 7) is 0.629. The molecule has 2 heterocycles. The van der Waals surface area contributed by atoms with Crippen molar-refractivity contribution in [2.24, 2.45) is 0 Å². The van der Waals surface area contributed by atoms with Crippen LogP contribution in [-0.4, -0.2) is 35.4 Å². The standard InChI is InChI=1S/C24H20Cl2F3N3O4/c1-12(31-23(34)24(4-5-24)32-22(33)18-3-2-6-35-18)20-17(27)7-13(10-30-20)15-8-14(25)9-16(26)21(15)36-11-19(28)29/h2-3,6-10,12,19H,4-5,11H2,1H3,(H,31,34)(H,32,33)/t12-/m1/s1. The minimum Gasteiger partial charge on any atom is -0.485 e. The molecule has 1 aromatic carbocycles. The molecule has 2 aromatic heterocycles. The third kappa shape index (κ3) is 5.60. The Labute approximate surface area is 213 Å². The number of ether oxygens (including phenoxy) is 1. The van der Waals surface area contributed by atoms with Crippen LogP contribution in [0.2, 0.25) is 10.0 Å². The molecule has 1 atom stereocenters. The summed E-state index contributed by atoms with van der Waals surface area (Å²) in [7, 11) is 0. The van der Waals surface area contributed by atoms with Gasteiger partial charge in [-0.05, 0) is 50.1 Å². The lowest BCUT2D eigenvalue weighted by Gasteiger charge is -2.21. The molecule has 0 radical (unpaired) electrons. The quantitative estimate of drug-likeness (QED) is 0.369. The van der Waals surface area contributed by atoms with Crippen LogP contribution in [0.25, 0.3) is 11.1 Å². The highest BCUT2D eigenvalue weighted by Crippen LogP contribution is 2.40. The summed E-state index contributed by atoms with van der Waals surface area (Å²) in [5, 5.41) is 5.50. The predicted octanol–water partition coefficient (Wildman–Crippen LogP) is 5.57. The number of alkyl halides is 2. The van der Waals surface area contributed by atoms with Gasteiger partial charge in [0, 0.05) is 22.3 Å². The fraction of sp³-hybridized carbons (Fsp3) is 0.292. The Morgan fingerprint density at radius 2 is 2.00 bits per heavy atom. The molecule has 0 saturated heterocycles. The molecule has 0 unspecified atom stereocenters. The number of halogens is 5. The lowest BCUT2D eigenvalue weighted by Crippen LogP contribution is -2.49. The Hall–Kier alpha value is -3.24. The van der Waals surface area contributed by atoms with Gasteiger partial charge in [-0.1, -0.05) is 23.2 Å². The molecule has 36 heavy (non-hydrogen) atoms. The van der Waals surface area contributed by atoms with E-state index in [1.165, 1.54) is 30.7 Å². The monoisotopic (exact) mass is 541 g/mol. The van der Waals surface area contributed by atoms with Crippen LogP contribution in [-0.2, 0) is 4.79 Å². The number of hydrogen-bond acceptors (Lipinski definition) is 5. The molecule has 1 aliphatic carbocycles. The fourth-order valence-corrected chi connectivity index (χ4v) is 4.15. The molecule has 0 bridgehead atoms. The number of rotatable bonds is 9. The molecule has 190 valence electrons. The second-order valence-electron chi connectivity index (χ2n) is 8.27. The maximum absolute atomic E-state index is 15.1. The minimum absolute atomic E-state index is 0.0189. The highest BCUT2D eigenvalue weighted by molar-refractivity contribution is 6.36. The number of hydrogen-bond donors (Lipinski definition) is 2. The van der Waals surface area contributed by atoms with Crippen LogP contribution < -0.4 is 15.4 Å². The van der Waals surface area contributed by atoms with Crippen LogP contribution in [0, 0.1) is 5.82 Å². The van der Waals surface area contributed by atoms with Crippen molar-refractivity contribution in [1.82, 2.24) is 15.6 Å². The van der Waals surface area contributed by atoms with E-state index in [1.807, 2.05) is 0 Å². The van der Waals surface area contributed by atoms with Crippen molar-refractivity contribution in [3.63, 3.8) is 0 Å². The van der Waals surface area contributed by atoms with Gasteiger partial charge in [-0.3, -0.25) is 14.6 Å². The van der Waals surface area contributed by atoms with Crippen molar-refractivity contribution >= 4 is 35.0 Å². The van der Waals surface area contributed by atoms with E-state index in [4.69, 9.17) is 32.4 Å². The molecule has 1 fully saturated rings. The van der Waals surface area contributed by atoms with Crippen molar-refractivity contribution in [2.75, 3.05) is 6.61 Å². The molecule has 2 amide bonds. The highest BCUT2D eigenvalue weighted by Gasteiger charge is 2.52. The number of pyridine rings is 1. The minimum atomic E-state index is -2.75. The number of nitrogens with one attached hydrogen (secondary N) is 2. The molecule has 0 aliphatic heterocycles. The van der Waals surface area contributed by atoms with Gasteiger partial charge >= 0.3 is 0 Å². The number of benzene rings is 1. The molecule has 4 rings (SSSR count). The van der Waals surface area contributed by atoms with Gasteiger partial charge in [0.05, 0.1) is 23.0 Å². The molecule has 2 N–H and O–H groups in total. The van der Waals surface area contributed by atoms with E-state index in [0.29, 0.717) is 12.8 Å². The number of furan rings is 1. The topological polar surface area (TPSA) is 93.5 Å². The molecule has 7 nitrogen and oxygen atoms in total. The van der Waals surface area contributed by atoms with E-state index in [-0.39, 0.29) is 38.4 Å². The normalized spacial score (nSPS) is 14.9. The summed E-state index contributed by atoms with van der Waals surface area (Å²) in [5.41, 5.74) is -0.806. The third-order valence-corrected chi connectivity index (χ3v) is 6.08. The molecule has 1 aliphatic rings. The first-order valence-corrected chi connectivity index (χ1v) is 11.6. The van der Waals surface area contributed by atoms with Gasteiger partial charge < -0.3 is 19.8 Å². The van der Waals surface area contributed by atoms with Crippen molar-refractivity contribution < 1.29 is 31.9 Å². The van der Waals surface area contributed by atoms with Gasteiger partial charge in [0.2, 0.25) is 5.91 Å². The zero-order chi connectivity index (χ0) is 26.0. The van der Waals surface area contributed by atoms with Crippen LogP contribution in [0.4, 0.5) is 13.2 Å². The Balaban J connectivity index is 1.50. The second kappa shape index (κ2) is 10.4. The Bertz CT molecular complexity index is 1280. The Kier molecular flexibility index (Phi) is 7.46. The zero-order valence-corrected chi connectivity index (χ0v) is 20.3. The van der Waals surface area contributed by atoms with E-state index in [1.54, 1.807) is 13.0 Å². The average molecular weight is 542 g/mol. The largest absolute Gasteiger partial charge is 0.485 e. The van der Waals surface area contributed by atoms with Gasteiger partial charge in [-0.2, -0.15) is 0 Å². The van der Waals surface area contributed by atoms with E-state index in [9.17, 15) is 18.4 Å². The summed E-state index contributed by atoms with van der Waals surface area (Å²) in [5.74, 6) is -1.78.